The van der Waals surface area contributed by atoms with Crippen LogP contribution in [-0.2, 0) is 6.54 Å². The lowest BCUT2D eigenvalue weighted by molar-refractivity contribution is 0.734. The molecule has 3 heteroatoms. The van der Waals surface area contributed by atoms with Crippen LogP contribution in [-0.4, -0.2) is 9.55 Å². The highest BCUT2D eigenvalue weighted by atomic mass is 15.1. The van der Waals surface area contributed by atoms with Crippen LogP contribution in [0, 0.1) is 6.92 Å². The molecule has 1 aliphatic rings. The Kier molecular flexibility index (Phi) is 1.83. The Labute approximate surface area is 88.9 Å². The zero-order valence-electron chi connectivity index (χ0n) is 8.90. The van der Waals surface area contributed by atoms with E-state index in [0.717, 1.165) is 16.9 Å². The van der Waals surface area contributed by atoms with Gasteiger partial charge in [-0.1, -0.05) is 12.1 Å². The molecule has 2 aromatic rings. The molecule has 0 spiro atoms. The molecule has 0 atom stereocenters. The van der Waals surface area contributed by atoms with Crippen LogP contribution in [0.3, 0.4) is 0 Å². The minimum absolute atomic E-state index is 0.568. The number of para-hydroxylation sites is 1. The van der Waals surface area contributed by atoms with Gasteiger partial charge in [-0.15, -0.1) is 0 Å². The lowest BCUT2D eigenvalue weighted by Crippen LogP contribution is -1.98. The van der Waals surface area contributed by atoms with Crippen LogP contribution in [0.2, 0.25) is 0 Å². The predicted molar refractivity (Wildman–Crippen MR) is 60.6 cm³/mol. The standard InChI is InChI=1S/C12H15N3/c1-8-14-12-9(7-13)3-2-4-11(12)15(8)10-5-6-10/h2-4,10H,5-7,13H2,1H3. The van der Waals surface area contributed by atoms with Gasteiger partial charge in [0.2, 0.25) is 0 Å². The van der Waals surface area contributed by atoms with Crippen molar-refractivity contribution >= 4 is 11.0 Å². The first-order valence-electron chi connectivity index (χ1n) is 5.47. The van der Waals surface area contributed by atoms with Crippen molar-refractivity contribution in [3.05, 3.63) is 29.6 Å². The first kappa shape index (κ1) is 8.92. The number of imidazole rings is 1. The van der Waals surface area contributed by atoms with Gasteiger partial charge >= 0.3 is 0 Å². The first-order valence-corrected chi connectivity index (χ1v) is 5.47. The molecule has 1 saturated carbocycles. The summed E-state index contributed by atoms with van der Waals surface area (Å²) >= 11 is 0. The number of nitrogens with two attached hydrogens (primary N) is 1. The topological polar surface area (TPSA) is 43.8 Å². The summed E-state index contributed by atoms with van der Waals surface area (Å²) in [6.07, 6.45) is 2.58. The maximum Gasteiger partial charge on any atom is 0.106 e. The van der Waals surface area contributed by atoms with Crippen LogP contribution < -0.4 is 5.73 Å². The summed E-state index contributed by atoms with van der Waals surface area (Å²) in [5.74, 6) is 1.12. The molecular weight excluding hydrogens is 186 g/mol. The van der Waals surface area contributed by atoms with E-state index in [1.54, 1.807) is 0 Å². The Morgan fingerprint density at radius 3 is 2.93 bits per heavy atom. The molecule has 3 nitrogen and oxygen atoms in total. The second kappa shape index (κ2) is 3.07. The fraction of sp³-hybridized carbons (Fsp3) is 0.417. The van der Waals surface area contributed by atoms with Crippen molar-refractivity contribution in [2.45, 2.75) is 32.4 Å². The van der Waals surface area contributed by atoms with Crippen LogP contribution in [0.5, 0.6) is 0 Å². The van der Waals surface area contributed by atoms with Gasteiger partial charge in [0.15, 0.2) is 0 Å². The Morgan fingerprint density at radius 2 is 2.27 bits per heavy atom. The molecule has 15 heavy (non-hydrogen) atoms. The molecule has 1 aliphatic carbocycles. The van der Waals surface area contributed by atoms with Crippen LogP contribution in [0.4, 0.5) is 0 Å². The second-order valence-corrected chi connectivity index (χ2v) is 4.25. The SMILES string of the molecule is Cc1nc2c(CN)cccc2n1C1CC1. The average Bonchev–Trinajstić information content (AvgIpc) is 3.00. The fourth-order valence-electron chi connectivity index (χ4n) is 2.25. The van der Waals surface area contributed by atoms with Gasteiger partial charge in [-0.05, 0) is 31.4 Å². The van der Waals surface area contributed by atoms with Crippen molar-refractivity contribution in [3.63, 3.8) is 0 Å². The normalized spacial score (nSPS) is 16.1. The smallest absolute Gasteiger partial charge is 0.106 e. The largest absolute Gasteiger partial charge is 0.326 e. The molecule has 2 N–H and O–H groups in total. The van der Waals surface area contributed by atoms with Gasteiger partial charge in [-0.2, -0.15) is 0 Å². The number of rotatable bonds is 2. The molecule has 0 unspecified atom stereocenters. The summed E-state index contributed by atoms with van der Waals surface area (Å²) in [5, 5.41) is 0. The quantitative estimate of drug-likeness (QED) is 0.809. The summed E-state index contributed by atoms with van der Waals surface area (Å²) < 4.78 is 2.36. The Hall–Kier alpha value is -1.35. The van der Waals surface area contributed by atoms with Gasteiger partial charge in [-0.25, -0.2) is 4.98 Å². The van der Waals surface area contributed by atoms with Crippen molar-refractivity contribution in [2.24, 2.45) is 5.73 Å². The molecule has 78 valence electrons. The van der Waals surface area contributed by atoms with Gasteiger partial charge in [0.05, 0.1) is 11.0 Å². The molecule has 1 fully saturated rings. The number of fused-ring (bicyclic) bond motifs is 1. The highest BCUT2D eigenvalue weighted by molar-refractivity contribution is 5.80. The van der Waals surface area contributed by atoms with E-state index in [9.17, 15) is 0 Å². The van der Waals surface area contributed by atoms with E-state index in [4.69, 9.17) is 5.73 Å². The Balaban J connectivity index is 2.31. The number of hydrogen-bond acceptors (Lipinski definition) is 2. The van der Waals surface area contributed by atoms with E-state index in [-0.39, 0.29) is 0 Å². The molecule has 1 aromatic carbocycles. The molecule has 1 aromatic heterocycles. The molecule has 0 aliphatic heterocycles. The zero-order valence-corrected chi connectivity index (χ0v) is 8.90. The minimum Gasteiger partial charge on any atom is -0.326 e. The van der Waals surface area contributed by atoms with Crippen LogP contribution in [0.25, 0.3) is 11.0 Å². The molecule has 0 radical (unpaired) electrons. The summed E-state index contributed by atoms with van der Waals surface area (Å²) in [7, 11) is 0. The monoisotopic (exact) mass is 201 g/mol. The van der Waals surface area contributed by atoms with Crippen molar-refractivity contribution < 1.29 is 0 Å². The van der Waals surface area contributed by atoms with Gasteiger partial charge in [-0.3, -0.25) is 0 Å². The average molecular weight is 201 g/mol. The van der Waals surface area contributed by atoms with Gasteiger partial charge in [0.25, 0.3) is 0 Å². The third-order valence-electron chi connectivity index (χ3n) is 3.11. The van der Waals surface area contributed by atoms with Gasteiger partial charge < -0.3 is 10.3 Å². The zero-order chi connectivity index (χ0) is 10.4. The van der Waals surface area contributed by atoms with E-state index in [2.05, 4.69) is 34.7 Å². The minimum atomic E-state index is 0.568. The predicted octanol–water partition coefficient (Wildman–Crippen LogP) is 2.14. The maximum atomic E-state index is 5.72. The van der Waals surface area contributed by atoms with Crippen molar-refractivity contribution in [3.8, 4) is 0 Å². The summed E-state index contributed by atoms with van der Waals surface area (Å²) in [6.45, 7) is 2.65. The number of hydrogen-bond donors (Lipinski definition) is 1. The third-order valence-corrected chi connectivity index (χ3v) is 3.11. The lowest BCUT2D eigenvalue weighted by atomic mass is 10.2. The van der Waals surface area contributed by atoms with E-state index in [1.165, 1.54) is 18.4 Å². The van der Waals surface area contributed by atoms with Crippen molar-refractivity contribution in [2.75, 3.05) is 0 Å². The van der Waals surface area contributed by atoms with E-state index < -0.39 is 0 Å². The number of aromatic nitrogens is 2. The summed E-state index contributed by atoms with van der Waals surface area (Å²) in [6, 6.07) is 6.96. The molecule has 0 amide bonds. The molecule has 1 heterocycles. The van der Waals surface area contributed by atoms with Gasteiger partial charge in [0, 0.05) is 12.6 Å². The number of aryl methyl sites for hydroxylation is 1. The number of benzene rings is 1. The summed E-state index contributed by atoms with van der Waals surface area (Å²) in [5.41, 5.74) is 9.20. The first-order chi connectivity index (χ1) is 7.31. The second-order valence-electron chi connectivity index (χ2n) is 4.25. The van der Waals surface area contributed by atoms with E-state index >= 15 is 0 Å². The van der Waals surface area contributed by atoms with E-state index in [0.29, 0.717) is 12.6 Å². The maximum absolute atomic E-state index is 5.72. The Bertz CT molecular complexity index is 509. The highest BCUT2D eigenvalue weighted by Gasteiger charge is 2.27. The van der Waals surface area contributed by atoms with Crippen molar-refractivity contribution in [1.29, 1.82) is 0 Å². The summed E-state index contributed by atoms with van der Waals surface area (Å²) in [4.78, 5) is 4.63. The third kappa shape index (κ3) is 1.27. The lowest BCUT2D eigenvalue weighted by Gasteiger charge is -2.04. The molecule has 0 saturated heterocycles. The highest BCUT2D eigenvalue weighted by Crippen LogP contribution is 2.38. The van der Waals surface area contributed by atoms with Crippen LogP contribution >= 0.6 is 0 Å². The molecule has 3 rings (SSSR count). The fourth-order valence-corrected chi connectivity index (χ4v) is 2.25. The molecule has 0 bridgehead atoms. The van der Waals surface area contributed by atoms with Crippen LogP contribution in [0.1, 0.15) is 30.3 Å². The van der Waals surface area contributed by atoms with Crippen molar-refractivity contribution in [1.82, 2.24) is 9.55 Å². The Morgan fingerprint density at radius 1 is 1.47 bits per heavy atom. The van der Waals surface area contributed by atoms with Crippen LogP contribution in [0.15, 0.2) is 18.2 Å². The molecular formula is C12H15N3. The number of nitrogens with zero attached hydrogens (tertiary/aromatic N) is 2. The van der Waals surface area contributed by atoms with E-state index in [1.807, 2.05) is 0 Å². The van der Waals surface area contributed by atoms with Gasteiger partial charge in [0.1, 0.15) is 5.82 Å².